The monoisotopic (exact) mass is 368 g/mol. The van der Waals surface area contributed by atoms with Crippen LogP contribution in [-0.2, 0) is 0 Å². The highest BCUT2D eigenvalue weighted by Gasteiger charge is 2.19. The molecule has 1 saturated heterocycles. The number of carbonyl (C=O) groups is 1. The standard InChI is InChI=1S/C20H28N6O/c1-13-6-7-17(12-14(13)2)23-20(27)24-18-15(3)21-19(22-16(18)4)26-10-8-25(5)9-11-26/h6-7,12H,8-11H2,1-5H3,(H2,23,24,27). The third kappa shape index (κ3) is 4.54. The van der Waals surface area contributed by atoms with Crippen LogP contribution >= 0.6 is 0 Å². The Morgan fingerprint density at radius 1 is 0.926 bits per heavy atom. The molecule has 0 atom stereocenters. The molecule has 2 amide bonds. The van der Waals surface area contributed by atoms with E-state index in [0.717, 1.165) is 54.8 Å². The van der Waals surface area contributed by atoms with E-state index in [1.165, 1.54) is 5.56 Å². The maximum atomic E-state index is 12.4. The van der Waals surface area contributed by atoms with Crippen molar-refractivity contribution in [1.29, 1.82) is 0 Å². The van der Waals surface area contributed by atoms with Gasteiger partial charge in [-0.25, -0.2) is 14.8 Å². The number of aromatic nitrogens is 2. The number of likely N-dealkylation sites (N-methyl/N-ethyl adjacent to an activating group) is 1. The highest BCUT2D eigenvalue weighted by atomic mass is 16.2. The number of amides is 2. The van der Waals surface area contributed by atoms with E-state index in [1.54, 1.807) is 0 Å². The number of aryl methyl sites for hydroxylation is 4. The van der Waals surface area contributed by atoms with Crippen molar-refractivity contribution < 1.29 is 4.79 Å². The lowest BCUT2D eigenvalue weighted by Crippen LogP contribution is -2.45. The van der Waals surface area contributed by atoms with Crippen LogP contribution in [0.5, 0.6) is 0 Å². The molecule has 1 aliphatic heterocycles. The van der Waals surface area contributed by atoms with Crippen LogP contribution in [0.2, 0.25) is 0 Å². The molecule has 0 aliphatic carbocycles. The maximum Gasteiger partial charge on any atom is 0.323 e. The molecule has 0 unspecified atom stereocenters. The molecule has 1 aromatic carbocycles. The van der Waals surface area contributed by atoms with Gasteiger partial charge < -0.3 is 20.4 Å². The van der Waals surface area contributed by atoms with Crippen molar-refractivity contribution >= 4 is 23.4 Å². The highest BCUT2D eigenvalue weighted by molar-refractivity contribution is 6.00. The van der Waals surface area contributed by atoms with E-state index in [9.17, 15) is 4.79 Å². The Labute approximate surface area is 160 Å². The lowest BCUT2D eigenvalue weighted by atomic mass is 10.1. The zero-order valence-electron chi connectivity index (χ0n) is 16.8. The molecule has 0 bridgehead atoms. The normalized spacial score (nSPS) is 14.9. The van der Waals surface area contributed by atoms with Gasteiger partial charge >= 0.3 is 6.03 Å². The van der Waals surface area contributed by atoms with Gasteiger partial charge in [-0.1, -0.05) is 6.07 Å². The number of piperazine rings is 1. The van der Waals surface area contributed by atoms with Crippen LogP contribution in [-0.4, -0.2) is 54.1 Å². The average Bonchev–Trinajstić information content (AvgIpc) is 2.62. The lowest BCUT2D eigenvalue weighted by Gasteiger charge is -2.32. The molecule has 144 valence electrons. The fourth-order valence-electron chi connectivity index (χ4n) is 3.12. The summed E-state index contributed by atoms with van der Waals surface area (Å²) >= 11 is 0. The maximum absolute atomic E-state index is 12.4. The first kappa shape index (κ1) is 19.1. The van der Waals surface area contributed by atoms with Crippen molar-refractivity contribution in [3.05, 3.63) is 40.7 Å². The van der Waals surface area contributed by atoms with Crippen molar-refractivity contribution in [3.63, 3.8) is 0 Å². The van der Waals surface area contributed by atoms with Crippen LogP contribution < -0.4 is 15.5 Å². The Morgan fingerprint density at radius 2 is 1.56 bits per heavy atom. The first-order valence-electron chi connectivity index (χ1n) is 9.27. The predicted octanol–water partition coefficient (Wildman–Crippen LogP) is 3.11. The Balaban J connectivity index is 1.71. The van der Waals surface area contributed by atoms with Gasteiger partial charge in [0.2, 0.25) is 5.95 Å². The molecule has 3 rings (SSSR count). The van der Waals surface area contributed by atoms with Crippen LogP contribution in [0, 0.1) is 27.7 Å². The van der Waals surface area contributed by atoms with Gasteiger partial charge in [-0.05, 0) is 58.0 Å². The fraction of sp³-hybridized carbons (Fsp3) is 0.450. The molecular weight excluding hydrogens is 340 g/mol. The summed E-state index contributed by atoms with van der Waals surface area (Å²) in [7, 11) is 2.12. The molecule has 2 heterocycles. The number of hydrogen-bond donors (Lipinski definition) is 2. The molecular formula is C20H28N6O. The summed E-state index contributed by atoms with van der Waals surface area (Å²) in [5.41, 5.74) is 5.30. The Morgan fingerprint density at radius 3 is 2.15 bits per heavy atom. The SMILES string of the molecule is Cc1ccc(NC(=O)Nc2c(C)nc(N3CCN(C)CC3)nc2C)cc1C. The third-order valence-corrected chi connectivity index (χ3v) is 5.05. The van der Waals surface area contributed by atoms with Crippen LogP contribution in [0.15, 0.2) is 18.2 Å². The Bertz CT molecular complexity index is 819. The lowest BCUT2D eigenvalue weighted by molar-refractivity contribution is 0.262. The Kier molecular flexibility index (Phi) is 5.60. The first-order valence-corrected chi connectivity index (χ1v) is 9.27. The summed E-state index contributed by atoms with van der Waals surface area (Å²) in [4.78, 5) is 26.1. The van der Waals surface area contributed by atoms with E-state index in [0.29, 0.717) is 5.69 Å². The quantitative estimate of drug-likeness (QED) is 0.871. The van der Waals surface area contributed by atoms with Gasteiger partial charge in [0.1, 0.15) is 0 Å². The first-order chi connectivity index (χ1) is 12.8. The third-order valence-electron chi connectivity index (χ3n) is 5.05. The molecule has 1 fully saturated rings. The number of rotatable bonds is 3. The molecule has 7 heteroatoms. The van der Waals surface area contributed by atoms with Crippen molar-refractivity contribution in [2.45, 2.75) is 27.7 Å². The molecule has 1 aliphatic rings. The van der Waals surface area contributed by atoms with E-state index in [2.05, 4.69) is 37.4 Å². The second-order valence-corrected chi connectivity index (χ2v) is 7.24. The molecule has 27 heavy (non-hydrogen) atoms. The number of carbonyl (C=O) groups excluding carboxylic acids is 1. The van der Waals surface area contributed by atoms with Gasteiger partial charge in [0.05, 0.1) is 17.1 Å². The summed E-state index contributed by atoms with van der Waals surface area (Å²) < 4.78 is 0. The zero-order valence-corrected chi connectivity index (χ0v) is 16.8. The van der Waals surface area contributed by atoms with E-state index >= 15 is 0 Å². The average molecular weight is 368 g/mol. The summed E-state index contributed by atoms with van der Waals surface area (Å²) in [6.07, 6.45) is 0. The second kappa shape index (κ2) is 7.92. The van der Waals surface area contributed by atoms with Crippen LogP contribution in [0.1, 0.15) is 22.5 Å². The summed E-state index contributed by atoms with van der Waals surface area (Å²) in [5.74, 6) is 0.734. The molecule has 7 nitrogen and oxygen atoms in total. The van der Waals surface area contributed by atoms with Gasteiger partial charge in [0.25, 0.3) is 0 Å². The van der Waals surface area contributed by atoms with E-state index in [1.807, 2.05) is 45.9 Å². The number of benzene rings is 1. The van der Waals surface area contributed by atoms with Crippen LogP contribution in [0.25, 0.3) is 0 Å². The molecule has 0 saturated carbocycles. The molecule has 2 aromatic rings. The van der Waals surface area contributed by atoms with Crippen molar-refractivity contribution in [2.75, 3.05) is 48.8 Å². The highest BCUT2D eigenvalue weighted by Crippen LogP contribution is 2.22. The minimum atomic E-state index is -0.291. The summed E-state index contributed by atoms with van der Waals surface area (Å²) in [5, 5.41) is 5.77. The van der Waals surface area contributed by atoms with E-state index < -0.39 is 0 Å². The topological polar surface area (TPSA) is 73.4 Å². The largest absolute Gasteiger partial charge is 0.338 e. The zero-order chi connectivity index (χ0) is 19.6. The van der Waals surface area contributed by atoms with E-state index in [4.69, 9.17) is 0 Å². The summed E-state index contributed by atoms with van der Waals surface area (Å²) in [6.45, 7) is 11.7. The van der Waals surface area contributed by atoms with Crippen LogP contribution in [0.3, 0.4) is 0 Å². The second-order valence-electron chi connectivity index (χ2n) is 7.24. The smallest absolute Gasteiger partial charge is 0.323 e. The van der Waals surface area contributed by atoms with Gasteiger partial charge in [-0.3, -0.25) is 0 Å². The Hall–Kier alpha value is -2.67. The number of nitrogens with zero attached hydrogens (tertiary/aromatic N) is 4. The number of nitrogens with one attached hydrogen (secondary N) is 2. The predicted molar refractivity (Wildman–Crippen MR) is 110 cm³/mol. The molecule has 0 spiro atoms. The van der Waals surface area contributed by atoms with Crippen molar-refractivity contribution in [3.8, 4) is 0 Å². The van der Waals surface area contributed by atoms with Crippen LogP contribution in [0.4, 0.5) is 22.1 Å². The van der Waals surface area contributed by atoms with Gasteiger partial charge in [-0.2, -0.15) is 0 Å². The number of urea groups is 1. The van der Waals surface area contributed by atoms with E-state index in [-0.39, 0.29) is 6.03 Å². The van der Waals surface area contributed by atoms with Gasteiger partial charge in [0, 0.05) is 31.9 Å². The summed E-state index contributed by atoms with van der Waals surface area (Å²) in [6, 6.07) is 5.56. The molecule has 0 radical (unpaired) electrons. The molecule has 1 aromatic heterocycles. The van der Waals surface area contributed by atoms with Gasteiger partial charge in [-0.15, -0.1) is 0 Å². The number of hydrogen-bond acceptors (Lipinski definition) is 5. The fourth-order valence-corrected chi connectivity index (χ4v) is 3.12. The van der Waals surface area contributed by atoms with Gasteiger partial charge in [0.15, 0.2) is 0 Å². The minimum Gasteiger partial charge on any atom is -0.338 e. The minimum absolute atomic E-state index is 0.291. The van der Waals surface area contributed by atoms with Crippen molar-refractivity contribution in [2.24, 2.45) is 0 Å². The van der Waals surface area contributed by atoms with Crippen molar-refractivity contribution in [1.82, 2.24) is 14.9 Å². The number of anilines is 3. The molecule has 2 N–H and O–H groups in total.